The van der Waals surface area contributed by atoms with Crippen molar-refractivity contribution in [1.82, 2.24) is 0 Å². The maximum Gasteiger partial charge on any atom is 0.248 e. The van der Waals surface area contributed by atoms with Crippen molar-refractivity contribution >= 4 is 35.3 Å². The average molecular weight is 312 g/mol. The van der Waals surface area contributed by atoms with Gasteiger partial charge in [0.05, 0.1) is 0 Å². The van der Waals surface area contributed by atoms with Crippen LogP contribution in [0.4, 0.5) is 5.69 Å². The van der Waals surface area contributed by atoms with Crippen LogP contribution in [-0.2, 0) is 4.79 Å². The van der Waals surface area contributed by atoms with Crippen LogP contribution in [0.1, 0.15) is 15.9 Å². The summed E-state index contributed by atoms with van der Waals surface area (Å²) in [5.74, 6) is -0.795. The van der Waals surface area contributed by atoms with Crippen LogP contribution in [0.3, 0.4) is 0 Å². The van der Waals surface area contributed by atoms with Crippen molar-refractivity contribution < 1.29 is 9.59 Å². The Morgan fingerprint density at radius 3 is 2.50 bits per heavy atom. The number of carbonyl (C=O) groups excluding carboxylic acids is 2. The maximum absolute atomic E-state index is 11.9. The summed E-state index contributed by atoms with van der Waals surface area (Å²) in [5, 5.41) is 2.69. The van der Waals surface area contributed by atoms with Crippen LogP contribution in [-0.4, -0.2) is 18.1 Å². The fourth-order valence-electron chi connectivity index (χ4n) is 1.82. The Labute approximate surface area is 133 Å². The Morgan fingerprint density at radius 1 is 1.14 bits per heavy atom. The molecule has 0 saturated carbocycles. The summed E-state index contributed by atoms with van der Waals surface area (Å²) in [5.41, 5.74) is 7.03. The van der Waals surface area contributed by atoms with Gasteiger partial charge in [0, 0.05) is 22.2 Å². The molecule has 112 valence electrons. The molecule has 0 aliphatic heterocycles. The molecule has 5 heteroatoms. The molecule has 22 heavy (non-hydrogen) atoms. The van der Waals surface area contributed by atoms with Crippen LogP contribution >= 0.6 is 11.8 Å². The highest BCUT2D eigenvalue weighted by molar-refractivity contribution is 7.98. The first kappa shape index (κ1) is 15.9. The van der Waals surface area contributed by atoms with E-state index < -0.39 is 5.91 Å². The van der Waals surface area contributed by atoms with Gasteiger partial charge in [0.2, 0.25) is 11.8 Å². The highest BCUT2D eigenvalue weighted by atomic mass is 32.2. The monoisotopic (exact) mass is 312 g/mol. The molecule has 4 nitrogen and oxygen atoms in total. The molecule has 0 aliphatic rings. The fourth-order valence-corrected chi connectivity index (χ4v) is 2.23. The zero-order chi connectivity index (χ0) is 15.9. The lowest BCUT2D eigenvalue weighted by Crippen LogP contribution is -2.12. The van der Waals surface area contributed by atoms with Crippen molar-refractivity contribution in [3.8, 4) is 0 Å². The van der Waals surface area contributed by atoms with Crippen LogP contribution < -0.4 is 11.1 Å². The number of hydrogen-bond acceptors (Lipinski definition) is 3. The first-order valence-corrected chi connectivity index (χ1v) is 7.84. The van der Waals surface area contributed by atoms with E-state index in [0.717, 1.165) is 5.56 Å². The Balaban J connectivity index is 2.01. The summed E-state index contributed by atoms with van der Waals surface area (Å²) in [4.78, 5) is 24.1. The number of primary amides is 1. The van der Waals surface area contributed by atoms with Crippen molar-refractivity contribution in [3.63, 3.8) is 0 Å². The molecule has 0 bridgehead atoms. The third-order valence-corrected chi connectivity index (χ3v) is 3.70. The van der Waals surface area contributed by atoms with E-state index in [1.807, 2.05) is 30.5 Å². The van der Waals surface area contributed by atoms with Gasteiger partial charge in [-0.1, -0.05) is 18.2 Å². The molecule has 3 N–H and O–H groups in total. The summed E-state index contributed by atoms with van der Waals surface area (Å²) in [7, 11) is 0. The largest absolute Gasteiger partial charge is 0.366 e. The second kappa shape index (κ2) is 7.47. The number of anilines is 1. The fraction of sp³-hybridized carbons (Fsp3) is 0.0588. The van der Waals surface area contributed by atoms with E-state index in [9.17, 15) is 9.59 Å². The summed E-state index contributed by atoms with van der Waals surface area (Å²) in [6.45, 7) is 0. The van der Waals surface area contributed by atoms with E-state index >= 15 is 0 Å². The van der Waals surface area contributed by atoms with Gasteiger partial charge in [0.15, 0.2) is 0 Å². The number of benzene rings is 2. The number of nitrogens with one attached hydrogen (secondary N) is 1. The normalized spacial score (nSPS) is 10.6. The molecule has 0 atom stereocenters. The van der Waals surface area contributed by atoms with Gasteiger partial charge < -0.3 is 11.1 Å². The summed E-state index contributed by atoms with van der Waals surface area (Å²) in [6.07, 6.45) is 5.20. The number of hydrogen-bond donors (Lipinski definition) is 2. The van der Waals surface area contributed by atoms with Gasteiger partial charge in [-0.2, -0.15) is 0 Å². The molecule has 0 aromatic heterocycles. The number of carbonyl (C=O) groups is 2. The van der Waals surface area contributed by atoms with E-state index in [0.29, 0.717) is 11.3 Å². The number of amides is 2. The number of rotatable bonds is 5. The van der Waals surface area contributed by atoms with E-state index in [1.165, 1.54) is 11.0 Å². The first-order valence-electron chi connectivity index (χ1n) is 6.61. The lowest BCUT2D eigenvalue weighted by molar-refractivity contribution is -0.111. The number of thioether (sulfide) groups is 1. The van der Waals surface area contributed by atoms with Gasteiger partial charge in [0.25, 0.3) is 0 Å². The summed E-state index contributed by atoms with van der Waals surface area (Å²) in [6, 6.07) is 14.4. The lowest BCUT2D eigenvalue weighted by Gasteiger charge is -2.03. The molecular formula is C17H16N2O2S. The molecule has 0 unspecified atom stereocenters. The smallest absolute Gasteiger partial charge is 0.248 e. The Hall–Kier alpha value is -2.53. The molecule has 0 spiro atoms. The van der Waals surface area contributed by atoms with Crippen LogP contribution in [0, 0.1) is 0 Å². The maximum atomic E-state index is 11.9. The van der Waals surface area contributed by atoms with Gasteiger partial charge in [-0.25, -0.2) is 0 Å². The van der Waals surface area contributed by atoms with E-state index in [2.05, 4.69) is 5.32 Å². The van der Waals surface area contributed by atoms with Crippen molar-refractivity contribution in [2.75, 3.05) is 11.6 Å². The average Bonchev–Trinajstić information content (AvgIpc) is 2.53. The second-order valence-corrected chi connectivity index (χ2v) is 5.42. The topological polar surface area (TPSA) is 72.2 Å². The quantitative estimate of drug-likeness (QED) is 0.658. The zero-order valence-electron chi connectivity index (χ0n) is 12.1. The van der Waals surface area contributed by atoms with E-state index in [4.69, 9.17) is 5.73 Å². The molecular weight excluding hydrogens is 296 g/mol. The minimum absolute atomic E-state index is 0.268. The van der Waals surface area contributed by atoms with Gasteiger partial charge in [-0.3, -0.25) is 9.59 Å². The third kappa shape index (κ3) is 4.49. The second-order valence-electron chi connectivity index (χ2n) is 4.54. The zero-order valence-corrected chi connectivity index (χ0v) is 12.9. The first-order chi connectivity index (χ1) is 10.6. The van der Waals surface area contributed by atoms with Crippen LogP contribution in [0.15, 0.2) is 59.5 Å². The van der Waals surface area contributed by atoms with Crippen molar-refractivity contribution in [3.05, 3.63) is 65.7 Å². The van der Waals surface area contributed by atoms with E-state index in [-0.39, 0.29) is 5.91 Å². The number of nitrogens with two attached hydrogens (primary N) is 1. The van der Waals surface area contributed by atoms with Crippen molar-refractivity contribution in [2.45, 2.75) is 4.90 Å². The molecule has 0 aliphatic carbocycles. The minimum Gasteiger partial charge on any atom is -0.366 e. The molecule has 2 aromatic rings. The van der Waals surface area contributed by atoms with Gasteiger partial charge >= 0.3 is 0 Å². The van der Waals surface area contributed by atoms with Gasteiger partial charge in [-0.05, 0) is 48.2 Å². The Bertz CT molecular complexity index is 709. The van der Waals surface area contributed by atoms with Crippen molar-refractivity contribution in [1.29, 1.82) is 0 Å². The standard InChI is InChI=1S/C17H16N2O2S/c1-22-15-8-5-12(6-9-15)7-10-16(20)19-14-4-2-3-13(11-14)17(18)21/h2-11H,1H3,(H2,18,21)(H,19,20)/b10-7+. The molecule has 2 amide bonds. The third-order valence-electron chi connectivity index (χ3n) is 2.96. The van der Waals surface area contributed by atoms with Crippen LogP contribution in [0.2, 0.25) is 0 Å². The SMILES string of the molecule is CSc1ccc(/C=C/C(=O)Nc2cccc(C(N)=O)c2)cc1. The van der Waals surface area contributed by atoms with Crippen LogP contribution in [0.25, 0.3) is 6.08 Å². The van der Waals surface area contributed by atoms with E-state index in [1.54, 1.807) is 42.1 Å². The summed E-state index contributed by atoms with van der Waals surface area (Å²) >= 11 is 1.67. The lowest BCUT2D eigenvalue weighted by atomic mass is 10.2. The van der Waals surface area contributed by atoms with Gasteiger partial charge in [0.1, 0.15) is 0 Å². The molecule has 2 rings (SSSR count). The van der Waals surface area contributed by atoms with Crippen LogP contribution in [0.5, 0.6) is 0 Å². The highest BCUT2D eigenvalue weighted by Gasteiger charge is 2.03. The summed E-state index contributed by atoms with van der Waals surface area (Å²) < 4.78 is 0. The highest BCUT2D eigenvalue weighted by Crippen LogP contribution is 2.15. The molecule has 0 saturated heterocycles. The molecule has 0 fully saturated rings. The Morgan fingerprint density at radius 2 is 1.86 bits per heavy atom. The Kier molecular flexibility index (Phi) is 5.38. The molecule has 0 heterocycles. The molecule has 2 aromatic carbocycles. The molecule has 0 radical (unpaired) electrons. The minimum atomic E-state index is -0.527. The predicted octanol–water partition coefficient (Wildman–Crippen LogP) is 3.16. The van der Waals surface area contributed by atoms with Crippen molar-refractivity contribution in [2.24, 2.45) is 5.73 Å². The predicted molar refractivity (Wildman–Crippen MR) is 90.8 cm³/mol. The van der Waals surface area contributed by atoms with Gasteiger partial charge in [-0.15, -0.1) is 11.8 Å².